The van der Waals surface area contributed by atoms with Crippen LogP contribution < -0.4 is 0 Å². The van der Waals surface area contributed by atoms with Crippen LogP contribution >= 0.6 is 0 Å². The maximum atomic E-state index is 14.6. The number of hydrogen-bond acceptors (Lipinski definition) is 1. The van der Waals surface area contributed by atoms with E-state index in [0.717, 1.165) is 72.3 Å². The second kappa shape index (κ2) is 16.0. The van der Waals surface area contributed by atoms with E-state index in [9.17, 15) is 4.79 Å². The van der Waals surface area contributed by atoms with Crippen LogP contribution in [0.1, 0.15) is 28.4 Å². The van der Waals surface area contributed by atoms with Crippen LogP contribution in [-0.4, -0.2) is 5.78 Å². The first-order chi connectivity index (χ1) is 26.0. The lowest BCUT2D eigenvalue weighted by Crippen LogP contribution is -2.03. The molecule has 0 saturated heterocycles. The molecule has 0 N–H and O–H groups in total. The van der Waals surface area contributed by atoms with E-state index in [4.69, 9.17) is 0 Å². The average Bonchev–Trinajstić information content (AvgIpc) is 3.24. The smallest absolute Gasteiger partial charge is 0.193 e. The van der Waals surface area contributed by atoms with E-state index in [1.807, 2.05) is 61.5 Å². The molecular weight excluding hydrogens is 641 g/mol. The van der Waals surface area contributed by atoms with Crippen molar-refractivity contribution in [1.82, 2.24) is 0 Å². The van der Waals surface area contributed by atoms with Gasteiger partial charge in [-0.05, 0) is 122 Å². The largest absolute Gasteiger partial charge is 0.289 e. The van der Waals surface area contributed by atoms with Gasteiger partial charge in [0, 0.05) is 11.1 Å². The Morgan fingerprint density at radius 1 is 0.434 bits per heavy atom. The van der Waals surface area contributed by atoms with Gasteiger partial charge in [0.15, 0.2) is 5.78 Å². The topological polar surface area (TPSA) is 17.1 Å². The Hall–Kier alpha value is -6.83. The second-order valence-electron chi connectivity index (χ2n) is 13.0. The molecule has 0 amide bonds. The number of carbonyl (C=O) groups excluding carboxylic acids is 1. The molecule has 0 aliphatic rings. The van der Waals surface area contributed by atoms with Gasteiger partial charge in [-0.25, -0.2) is 0 Å². The lowest BCUT2D eigenvalue weighted by molar-refractivity contribution is 0.103. The fraction of sp³-hybridized carbons (Fsp3) is 0.0192. The summed E-state index contributed by atoms with van der Waals surface area (Å²) in [6.45, 7) is 9.99. The molecule has 0 spiro atoms. The summed E-state index contributed by atoms with van der Waals surface area (Å²) in [6, 6.07) is 60.7. The molecule has 1 heteroatoms. The Labute approximate surface area is 313 Å². The molecule has 1 nitrogen and oxygen atoms in total. The normalized spacial score (nSPS) is 11.6. The standard InChI is InChI=1S/C52H40O/c1-4-37-26-28-42(29-27-37)46-23-15-25-48(33-46)50-34-49(47-24-14-22-45(32-47)41-18-11-8-12-19-41)35-51(36-50)52(53)39(6-3)30-38(5-2)43-20-13-21-44(31-43)40-16-9-7-10-17-40/h4-36H,1,3H2,2H3/b38-5+,39-30+. The van der Waals surface area contributed by atoms with Gasteiger partial charge in [-0.15, -0.1) is 0 Å². The summed E-state index contributed by atoms with van der Waals surface area (Å²) in [4.78, 5) is 14.6. The monoisotopic (exact) mass is 680 g/mol. The van der Waals surface area contributed by atoms with Crippen molar-refractivity contribution in [1.29, 1.82) is 0 Å². The van der Waals surface area contributed by atoms with Crippen molar-refractivity contribution in [2.45, 2.75) is 6.92 Å². The summed E-state index contributed by atoms with van der Waals surface area (Å²) in [5.41, 5.74) is 14.9. The summed E-state index contributed by atoms with van der Waals surface area (Å²) in [6.07, 6.45) is 7.52. The van der Waals surface area contributed by atoms with Crippen LogP contribution in [0.3, 0.4) is 0 Å². The van der Waals surface area contributed by atoms with Gasteiger partial charge >= 0.3 is 0 Å². The summed E-state index contributed by atoms with van der Waals surface area (Å²) in [5.74, 6) is -0.0861. The number of rotatable bonds is 11. The van der Waals surface area contributed by atoms with Crippen molar-refractivity contribution in [3.05, 3.63) is 230 Å². The highest BCUT2D eigenvalue weighted by Gasteiger charge is 2.16. The van der Waals surface area contributed by atoms with Crippen molar-refractivity contribution in [3.63, 3.8) is 0 Å². The highest BCUT2D eigenvalue weighted by Crippen LogP contribution is 2.34. The van der Waals surface area contributed by atoms with Crippen LogP contribution in [0.25, 0.3) is 67.3 Å². The van der Waals surface area contributed by atoms with Gasteiger partial charge in [0.05, 0.1) is 0 Å². The molecule has 0 heterocycles. The Bertz CT molecular complexity index is 2480. The van der Waals surface area contributed by atoms with Crippen molar-refractivity contribution >= 4 is 17.4 Å². The number of Topliss-reactive ketones (excluding diaryl/α,β-unsaturated/α-hetero) is 1. The minimum Gasteiger partial charge on any atom is -0.289 e. The molecule has 0 saturated carbocycles. The molecule has 7 aromatic rings. The van der Waals surface area contributed by atoms with Gasteiger partial charge in [0.1, 0.15) is 0 Å². The molecule has 53 heavy (non-hydrogen) atoms. The third kappa shape index (κ3) is 7.91. The number of carbonyl (C=O) groups is 1. The Balaban J connectivity index is 1.31. The first kappa shape index (κ1) is 34.6. The number of hydrogen-bond donors (Lipinski definition) is 0. The first-order valence-corrected chi connectivity index (χ1v) is 17.9. The van der Waals surface area contributed by atoms with Crippen LogP contribution in [0.4, 0.5) is 0 Å². The Morgan fingerprint density at radius 3 is 1.34 bits per heavy atom. The van der Waals surface area contributed by atoms with Crippen molar-refractivity contribution < 1.29 is 4.79 Å². The zero-order valence-corrected chi connectivity index (χ0v) is 29.9. The van der Waals surface area contributed by atoms with E-state index in [0.29, 0.717) is 11.1 Å². The third-order valence-electron chi connectivity index (χ3n) is 9.58. The molecule has 0 aliphatic carbocycles. The zero-order chi connectivity index (χ0) is 36.6. The van der Waals surface area contributed by atoms with Crippen LogP contribution in [0.5, 0.6) is 0 Å². The van der Waals surface area contributed by atoms with Gasteiger partial charge in [0.25, 0.3) is 0 Å². The maximum Gasteiger partial charge on any atom is 0.193 e. The van der Waals surface area contributed by atoms with E-state index in [1.54, 1.807) is 6.08 Å². The minimum atomic E-state index is -0.0861. The molecule has 254 valence electrons. The van der Waals surface area contributed by atoms with E-state index in [-0.39, 0.29) is 5.78 Å². The second-order valence-corrected chi connectivity index (χ2v) is 13.0. The number of allylic oxidation sites excluding steroid dienone is 5. The van der Waals surface area contributed by atoms with Crippen LogP contribution in [0.2, 0.25) is 0 Å². The van der Waals surface area contributed by atoms with Gasteiger partial charge < -0.3 is 0 Å². The molecule has 7 aromatic carbocycles. The van der Waals surface area contributed by atoms with Crippen LogP contribution in [0.15, 0.2) is 213 Å². The molecule has 0 fully saturated rings. The predicted molar refractivity (Wildman–Crippen MR) is 226 cm³/mol. The number of benzene rings is 7. The third-order valence-corrected chi connectivity index (χ3v) is 9.58. The predicted octanol–water partition coefficient (Wildman–Crippen LogP) is 14.1. The summed E-state index contributed by atoms with van der Waals surface area (Å²) >= 11 is 0. The summed E-state index contributed by atoms with van der Waals surface area (Å²) in [5, 5.41) is 0. The van der Waals surface area contributed by atoms with Crippen LogP contribution in [0, 0.1) is 0 Å². The van der Waals surface area contributed by atoms with E-state index in [1.165, 1.54) is 0 Å². The first-order valence-electron chi connectivity index (χ1n) is 17.9. The molecule has 0 atom stereocenters. The fourth-order valence-corrected chi connectivity index (χ4v) is 6.68. The average molecular weight is 681 g/mol. The summed E-state index contributed by atoms with van der Waals surface area (Å²) in [7, 11) is 0. The molecule has 7 rings (SSSR count). The van der Waals surface area contributed by atoms with Gasteiger partial charge in [-0.1, -0.05) is 171 Å². The zero-order valence-electron chi connectivity index (χ0n) is 29.9. The molecular formula is C52H40O. The number of ketones is 1. The Kier molecular flexibility index (Phi) is 10.5. The highest BCUT2D eigenvalue weighted by molar-refractivity contribution is 6.13. The molecule has 0 unspecified atom stereocenters. The van der Waals surface area contributed by atoms with Gasteiger partial charge in [-0.3, -0.25) is 4.79 Å². The van der Waals surface area contributed by atoms with Crippen LogP contribution in [-0.2, 0) is 0 Å². The fourth-order valence-electron chi connectivity index (χ4n) is 6.68. The quantitative estimate of drug-likeness (QED) is 0.0755. The summed E-state index contributed by atoms with van der Waals surface area (Å²) < 4.78 is 0. The van der Waals surface area contributed by atoms with E-state index < -0.39 is 0 Å². The van der Waals surface area contributed by atoms with E-state index in [2.05, 4.69) is 153 Å². The lowest BCUT2D eigenvalue weighted by Gasteiger charge is -2.13. The lowest BCUT2D eigenvalue weighted by atomic mass is 9.90. The molecule has 0 radical (unpaired) electrons. The SMILES string of the molecule is C=C/C(=C\C(=C/C)c1cccc(-c2ccccc2)c1)C(=O)c1cc(-c2cccc(-c3ccccc3)c2)cc(-c2cccc(-c3ccc(C=C)cc3)c2)c1. The van der Waals surface area contributed by atoms with Gasteiger partial charge in [-0.2, -0.15) is 0 Å². The van der Waals surface area contributed by atoms with E-state index >= 15 is 0 Å². The molecule has 0 aliphatic heterocycles. The van der Waals surface area contributed by atoms with Crippen molar-refractivity contribution in [2.75, 3.05) is 0 Å². The van der Waals surface area contributed by atoms with Crippen molar-refractivity contribution in [2.24, 2.45) is 0 Å². The molecule has 0 bridgehead atoms. The molecule has 0 aromatic heterocycles. The maximum absolute atomic E-state index is 14.6. The minimum absolute atomic E-state index is 0.0861. The Morgan fingerprint density at radius 2 is 0.849 bits per heavy atom. The highest BCUT2D eigenvalue weighted by atomic mass is 16.1. The van der Waals surface area contributed by atoms with Crippen molar-refractivity contribution in [3.8, 4) is 55.6 Å². The van der Waals surface area contributed by atoms with Gasteiger partial charge in [0.2, 0.25) is 0 Å².